The average molecular weight is 186 g/mol. The molecule has 1 aliphatic carbocycles. The molecule has 2 heteroatoms. The Kier molecular flexibility index (Phi) is 1.88. The first kappa shape index (κ1) is 8.18. The van der Waals surface area contributed by atoms with Crippen molar-refractivity contribution in [1.82, 2.24) is 10.3 Å². The fourth-order valence-electron chi connectivity index (χ4n) is 2.50. The molecule has 0 aromatic carbocycles. The van der Waals surface area contributed by atoms with Crippen LogP contribution < -0.4 is 15.9 Å². The van der Waals surface area contributed by atoms with Crippen LogP contribution in [0.4, 0.5) is 0 Å². The van der Waals surface area contributed by atoms with Gasteiger partial charge in [0.15, 0.2) is 0 Å². The van der Waals surface area contributed by atoms with E-state index in [-0.39, 0.29) is 0 Å². The lowest BCUT2D eigenvalue weighted by atomic mass is 9.85. The van der Waals surface area contributed by atoms with Gasteiger partial charge in [-0.3, -0.25) is 4.98 Å². The number of aromatic nitrogens is 1. The van der Waals surface area contributed by atoms with Crippen LogP contribution in [0.3, 0.4) is 0 Å². The molecule has 0 saturated carbocycles. The van der Waals surface area contributed by atoms with Crippen LogP contribution >= 0.6 is 0 Å². The highest BCUT2D eigenvalue weighted by atomic mass is 14.9. The van der Waals surface area contributed by atoms with Crippen LogP contribution in [0.1, 0.15) is 12.8 Å². The van der Waals surface area contributed by atoms with Gasteiger partial charge < -0.3 is 5.32 Å². The Morgan fingerprint density at radius 3 is 3.43 bits per heavy atom. The normalized spacial score (nSPS) is 24.9. The molecule has 0 radical (unpaired) electrons. The third-order valence-corrected chi connectivity index (χ3v) is 3.26. The number of nitrogens with zero attached hydrogens (tertiary/aromatic N) is 1. The van der Waals surface area contributed by atoms with Crippen molar-refractivity contribution in [3.8, 4) is 0 Å². The Bertz CT molecular complexity index is 461. The summed E-state index contributed by atoms with van der Waals surface area (Å²) in [5.74, 6) is 0.771. The third-order valence-electron chi connectivity index (χ3n) is 3.26. The minimum absolute atomic E-state index is 0.771. The van der Waals surface area contributed by atoms with Gasteiger partial charge in [-0.15, -0.1) is 0 Å². The van der Waals surface area contributed by atoms with Gasteiger partial charge in [0, 0.05) is 18.0 Å². The molecule has 1 saturated heterocycles. The van der Waals surface area contributed by atoms with Gasteiger partial charge in [-0.1, -0.05) is 12.1 Å². The Balaban J connectivity index is 2.27. The van der Waals surface area contributed by atoms with Gasteiger partial charge in [0.1, 0.15) is 0 Å². The number of piperidine rings is 1. The first-order valence-corrected chi connectivity index (χ1v) is 5.30. The number of pyridine rings is 1. The maximum atomic E-state index is 4.41. The van der Waals surface area contributed by atoms with Gasteiger partial charge >= 0.3 is 0 Å². The van der Waals surface area contributed by atoms with E-state index in [0.29, 0.717) is 0 Å². The van der Waals surface area contributed by atoms with Crippen molar-refractivity contribution in [2.45, 2.75) is 12.8 Å². The van der Waals surface area contributed by atoms with Crippen molar-refractivity contribution in [3.63, 3.8) is 0 Å². The second kappa shape index (κ2) is 3.21. The van der Waals surface area contributed by atoms with Crippen molar-refractivity contribution < 1.29 is 0 Å². The molecular weight excluding hydrogens is 172 g/mol. The maximum Gasteiger partial charge on any atom is 0.0662 e. The Labute approximate surface area is 83.4 Å². The quantitative estimate of drug-likeness (QED) is 0.618. The first-order valence-electron chi connectivity index (χ1n) is 5.30. The molecule has 1 aromatic rings. The minimum Gasteiger partial charge on any atom is -0.313 e. The molecule has 0 spiro atoms. The van der Waals surface area contributed by atoms with Crippen LogP contribution in [0.25, 0.3) is 11.6 Å². The van der Waals surface area contributed by atoms with Crippen molar-refractivity contribution in [3.05, 3.63) is 28.9 Å². The molecule has 14 heavy (non-hydrogen) atoms. The lowest BCUT2D eigenvalue weighted by Gasteiger charge is -2.27. The van der Waals surface area contributed by atoms with Gasteiger partial charge in [-0.25, -0.2) is 0 Å². The highest BCUT2D eigenvalue weighted by Gasteiger charge is 2.20. The summed E-state index contributed by atoms with van der Waals surface area (Å²) < 4.78 is 0. The van der Waals surface area contributed by atoms with Gasteiger partial charge in [-0.2, -0.15) is 0 Å². The molecule has 1 N–H and O–H groups in total. The number of rotatable bonds is 0. The van der Waals surface area contributed by atoms with E-state index in [1.807, 2.05) is 12.3 Å². The van der Waals surface area contributed by atoms with Crippen LogP contribution in [0.2, 0.25) is 0 Å². The van der Waals surface area contributed by atoms with Crippen molar-refractivity contribution in [2.75, 3.05) is 13.1 Å². The van der Waals surface area contributed by atoms with Gasteiger partial charge in [0.25, 0.3) is 0 Å². The number of hydrogen-bond donors (Lipinski definition) is 1. The highest BCUT2D eigenvalue weighted by Crippen LogP contribution is 2.23. The summed E-state index contributed by atoms with van der Waals surface area (Å²) >= 11 is 0. The zero-order valence-corrected chi connectivity index (χ0v) is 8.16. The fourth-order valence-corrected chi connectivity index (χ4v) is 2.50. The van der Waals surface area contributed by atoms with Crippen LogP contribution in [-0.2, 0) is 0 Å². The van der Waals surface area contributed by atoms with E-state index in [9.17, 15) is 0 Å². The van der Waals surface area contributed by atoms with Crippen LogP contribution in [0.5, 0.6) is 0 Å². The average Bonchev–Trinajstić information content (AvgIpc) is 2.29. The summed E-state index contributed by atoms with van der Waals surface area (Å²) in [7, 11) is 0. The second-order valence-electron chi connectivity index (χ2n) is 4.06. The largest absolute Gasteiger partial charge is 0.313 e. The SMILES string of the molecule is C1=c2ncccc2=C2CNCCC2C1. The van der Waals surface area contributed by atoms with E-state index in [1.165, 1.54) is 23.4 Å². The molecule has 1 unspecified atom stereocenters. The van der Waals surface area contributed by atoms with Crippen LogP contribution in [0.15, 0.2) is 18.3 Å². The monoisotopic (exact) mass is 186 g/mol. The van der Waals surface area contributed by atoms with Gasteiger partial charge in [0.2, 0.25) is 0 Å². The van der Waals surface area contributed by atoms with E-state index in [2.05, 4.69) is 22.4 Å². The molecule has 1 aliphatic heterocycles. The molecule has 72 valence electrons. The topological polar surface area (TPSA) is 24.9 Å². The molecule has 1 aromatic heterocycles. The summed E-state index contributed by atoms with van der Waals surface area (Å²) in [4.78, 5) is 4.41. The molecule has 2 aliphatic rings. The van der Waals surface area contributed by atoms with E-state index >= 15 is 0 Å². The zero-order chi connectivity index (χ0) is 9.38. The highest BCUT2D eigenvalue weighted by molar-refractivity contribution is 5.55. The summed E-state index contributed by atoms with van der Waals surface area (Å²) in [6.45, 7) is 2.22. The molecule has 0 amide bonds. The van der Waals surface area contributed by atoms with Gasteiger partial charge in [0.05, 0.1) is 5.35 Å². The van der Waals surface area contributed by atoms with Gasteiger partial charge in [-0.05, 0) is 36.9 Å². The Hall–Kier alpha value is -1.15. The lowest BCUT2D eigenvalue weighted by Crippen LogP contribution is -2.41. The third kappa shape index (κ3) is 1.18. The summed E-state index contributed by atoms with van der Waals surface area (Å²) in [6.07, 6.45) is 6.63. The van der Waals surface area contributed by atoms with E-state index < -0.39 is 0 Å². The second-order valence-corrected chi connectivity index (χ2v) is 4.06. The Morgan fingerprint density at radius 1 is 1.43 bits per heavy atom. The van der Waals surface area contributed by atoms with Crippen LogP contribution in [0, 0.1) is 5.92 Å². The lowest BCUT2D eigenvalue weighted by molar-refractivity contribution is 0.520. The molecule has 2 nitrogen and oxygen atoms in total. The Morgan fingerprint density at radius 2 is 2.43 bits per heavy atom. The predicted octanol–water partition coefficient (Wildman–Crippen LogP) is 0.0260. The number of hydrogen-bond acceptors (Lipinski definition) is 2. The molecule has 1 fully saturated rings. The van der Waals surface area contributed by atoms with E-state index in [4.69, 9.17) is 0 Å². The smallest absolute Gasteiger partial charge is 0.0662 e. The van der Waals surface area contributed by atoms with E-state index in [0.717, 1.165) is 19.0 Å². The molecule has 3 rings (SSSR count). The van der Waals surface area contributed by atoms with Crippen molar-refractivity contribution in [1.29, 1.82) is 0 Å². The standard InChI is InChI=1S/C12H14N2/c1-2-10-11-8-13-7-5-9(11)3-4-12(10)14-6-1/h1-2,4,6,9,13H,3,5,7-8H2. The van der Waals surface area contributed by atoms with E-state index in [1.54, 1.807) is 5.57 Å². The molecule has 1 atom stereocenters. The number of fused-ring (bicyclic) bond motifs is 2. The fraction of sp³-hybridized carbons (Fsp3) is 0.417. The first-order chi connectivity index (χ1) is 6.95. The summed E-state index contributed by atoms with van der Waals surface area (Å²) in [5, 5.41) is 6.00. The predicted molar refractivity (Wildman–Crippen MR) is 57.0 cm³/mol. The number of nitrogens with one attached hydrogen (secondary N) is 1. The minimum atomic E-state index is 0.771. The van der Waals surface area contributed by atoms with Crippen LogP contribution in [-0.4, -0.2) is 18.1 Å². The zero-order valence-electron chi connectivity index (χ0n) is 8.16. The molecule has 0 bridgehead atoms. The van der Waals surface area contributed by atoms with Crippen molar-refractivity contribution >= 4 is 11.6 Å². The molecular formula is C12H14N2. The summed E-state index contributed by atoms with van der Waals surface area (Å²) in [6, 6.07) is 4.24. The maximum absolute atomic E-state index is 4.41. The van der Waals surface area contributed by atoms with Crippen molar-refractivity contribution in [2.24, 2.45) is 5.92 Å². The molecule has 2 heterocycles. The summed E-state index contributed by atoms with van der Waals surface area (Å²) in [5.41, 5.74) is 1.57.